The Morgan fingerprint density at radius 1 is 0.692 bits per heavy atom. The molecule has 136 valence electrons. The Balaban J connectivity index is 1.83. The van der Waals surface area contributed by atoms with Gasteiger partial charge in [-0.3, -0.25) is 9.98 Å². The van der Waals surface area contributed by atoms with Crippen molar-refractivity contribution in [2.24, 2.45) is 15.4 Å². The second-order valence-corrected chi connectivity index (χ2v) is 7.45. The summed E-state index contributed by atoms with van der Waals surface area (Å²) in [4.78, 5) is 9.74. The van der Waals surface area contributed by atoms with E-state index in [2.05, 4.69) is 13.8 Å². The predicted octanol–water partition coefficient (Wildman–Crippen LogP) is 5.76. The molecule has 1 saturated carbocycles. The van der Waals surface area contributed by atoms with E-state index in [9.17, 15) is 0 Å². The second kappa shape index (κ2) is 7.73. The molecule has 2 aromatic rings. The van der Waals surface area contributed by atoms with Crippen LogP contribution in [-0.4, -0.2) is 25.6 Å². The number of benzene rings is 2. The average molecular weight is 350 g/mol. The maximum atomic E-state index is 5.22. The molecule has 0 heterocycles. The maximum Gasteiger partial charge on any atom is 0.119 e. The van der Waals surface area contributed by atoms with Crippen molar-refractivity contribution < 1.29 is 9.47 Å². The third kappa shape index (κ3) is 4.72. The van der Waals surface area contributed by atoms with Gasteiger partial charge in [0.2, 0.25) is 0 Å². The monoisotopic (exact) mass is 350 g/mol. The fraction of sp³-hybridized carbons (Fsp3) is 0.364. The molecule has 0 N–H and O–H groups in total. The van der Waals surface area contributed by atoms with E-state index in [-0.39, 0.29) is 5.41 Å². The van der Waals surface area contributed by atoms with E-state index in [1.807, 2.05) is 48.5 Å². The highest BCUT2D eigenvalue weighted by Crippen LogP contribution is 2.35. The van der Waals surface area contributed by atoms with Gasteiger partial charge in [-0.2, -0.15) is 0 Å². The highest BCUT2D eigenvalue weighted by atomic mass is 16.5. The lowest BCUT2D eigenvalue weighted by molar-refractivity contribution is 0.390. The number of nitrogens with zero attached hydrogens (tertiary/aromatic N) is 2. The largest absolute Gasteiger partial charge is 0.497 e. The minimum Gasteiger partial charge on any atom is -0.497 e. The lowest BCUT2D eigenvalue weighted by Gasteiger charge is -2.31. The zero-order valence-electron chi connectivity index (χ0n) is 16.0. The highest BCUT2D eigenvalue weighted by molar-refractivity contribution is 6.08. The van der Waals surface area contributed by atoms with Crippen LogP contribution in [0.4, 0.5) is 11.4 Å². The van der Waals surface area contributed by atoms with Crippen LogP contribution in [0.1, 0.15) is 33.1 Å². The summed E-state index contributed by atoms with van der Waals surface area (Å²) in [6.45, 7) is 4.55. The molecule has 1 fully saturated rings. The van der Waals surface area contributed by atoms with Gasteiger partial charge in [-0.05, 0) is 66.8 Å². The molecule has 0 aliphatic heterocycles. The number of methoxy groups -OCH3 is 2. The van der Waals surface area contributed by atoms with Gasteiger partial charge in [0, 0.05) is 17.8 Å². The first-order valence-corrected chi connectivity index (χ1v) is 8.88. The smallest absolute Gasteiger partial charge is 0.119 e. The number of hydrogen-bond acceptors (Lipinski definition) is 4. The first-order valence-electron chi connectivity index (χ1n) is 8.88. The van der Waals surface area contributed by atoms with E-state index in [1.54, 1.807) is 14.2 Å². The molecule has 0 bridgehead atoms. The van der Waals surface area contributed by atoms with Gasteiger partial charge in [-0.1, -0.05) is 13.8 Å². The van der Waals surface area contributed by atoms with Crippen LogP contribution in [0.2, 0.25) is 0 Å². The topological polar surface area (TPSA) is 43.2 Å². The number of rotatable bonds is 4. The summed E-state index contributed by atoms with van der Waals surface area (Å²) in [6.07, 6.45) is 2.79. The van der Waals surface area contributed by atoms with Gasteiger partial charge in [-0.15, -0.1) is 0 Å². The normalized spacial score (nSPS) is 19.5. The van der Waals surface area contributed by atoms with Crippen molar-refractivity contribution in [3.05, 3.63) is 48.5 Å². The Hall–Kier alpha value is -2.62. The van der Waals surface area contributed by atoms with Gasteiger partial charge in [0.05, 0.1) is 25.6 Å². The molecule has 26 heavy (non-hydrogen) atoms. The number of aliphatic imine (C=N–C) groups is 2. The van der Waals surface area contributed by atoms with Gasteiger partial charge >= 0.3 is 0 Å². The van der Waals surface area contributed by atoms with Gasteiger partial charge in [-0.25, -0.2) is 0 Å². The zero-order valence-corrected chi connectivity index (χ0v) is 16.0. The summed E-state index contributed by atoms with van der Waals surface area (Å²) >= 11 is 0. The Labute approximate surface area is 155 Å². The molecule has 0 unspecified atom stereocenters. The summed E-state index contributed by atoms with van der Waals surface area (Å²) in [6, 6.07) is 15.8. The Kier molecular flexibility index (Phi) is 5.40. The summed E-state index contributed by atoms with van der Waals surface area (Å²) in [5, 5.41) is 0. The maximum absolute atomic E-state index is 5.22. The molecular weight excluding hydrogens is 324 g/mol. The zero-order chi connectivity index (χ0) is 18.6. The third-order valence-corrected chi connectivity index (χ3v) is 4.49. The van der Waals surface area contributed by atoms with Crippen LogP contribution in [0, 0.1) is 5.41 Å². The standard InChI is InChI=1S/C22H26N2O2/c1-22(2)14-18(23-16-5-9-20(25-3)10-6-16)13-19(15-22)24-17-7-11-21(26-4)12-8-17/h5-12H,13-15H2,1-4H3. The first kappa shape index (κ1) is 18.2. The Morgan fingerprint density at radius 3 is 1.42 bits per heavy atom. The third-order valence-electron chi connectivity index (χ3n) is 4.49. The molecule has 3 rings (SSSR count). The fourth-order valence-corrected chi connectivity index (χ4v) is 3.36. The van der Waals surface area contributed by atoms with E-state index in [1.165, 1.54) is 11.4 Å². The van der Waals surface area contributed by atoms with Crippen molar-refractivity contribution in [2.45, 2.75) is 33.1 Å². The molecule has 0 atom stereocenters. The molecule has 1 aliphatic rings. The summed E-state index contributed by atoms with van der Waals surface area (Å²) in [7, 11) is 3.35. The number of hydrogen-bond donors (Lipinski definition) is 0. The quantitative estimate of drug-likeness (QED) is 0.703. The molecule has 0 saturated heterocycles. The lowest BCUT2D eigenvalue weighted by Crippen LogP contribution is -2.29. The van der Waals surface area contributed by atoms with Crippen molar-refractivity contribution in [1.29, 1.82) is 0 Å². The minimum atomic E-state index is 0.162. The van der Waals surface area contributed by atoms with E-state index in [0.717, 1.165) is 42.1 Å². The van der Waals surface area contributed by atoms with Crippen molar-refractivity contribution in [1.82, 2.24) is 0 Å². The second-order valence-electron chi connectivity index (χ2n) is 7.45. The van der Waals surface area contributed by atoms with Crippen molar-refractivity contribution in [3.63, 3.8) is 0 Å². The van der Waals surface area contributed by atoms with Crippen LogP contribution in [0.15, 0.2) is 58.5 Å². The molecule has 2 aromatic carbocycles. The Bertz CT molecular complexity index is 736. The molecule has 0 spiro atoms. The van der Waals surface area contributed by atoms with Crippen LogP contribution in [0.5, 0.6) is 11.5 Å². The lowest BCUT2D eigenvalue weighted by atomic mass is 9.75. The van der Waals surface area contributed by atoms with Gasteiger partial charge in [0.25, 0.3) is 0 Å². The summed E-state index contributed by atoms with van der Waals surface area (Å²) < 4.78 is 10.4. The molecule has 0 radical (unpaired) electrons. The van der Waals surface area contributed by atoms with Crippen molar-refractivity contribution in [2.75, 3.05) is 14.2 Å². The molecular formula is C22H26N2O2. The average Bonchev–Trinajstić information content (AvgIpc) is 2.61. The van der Waals surface area contributed by atoms with Gasteiger partial charge in [0.15, 0.2) is 0 Å². The predicted molar refractivity (Wildman–Crippen MR) is 108 cm³/mol. The van der Waals surface area contributed by atoms with Crippen LogP contribution in [0.3, 0.4) is 0 Å². The van der Waals surface area contributed by atoms with E-state index in [0.29, 0.717) is 0 Å². The molecule has 4 nitrogen and oxygen atoms in total. The van der Waals surface area contributed by atoms with Crippen molar-refractivity contribution >= 4 is 22.8 Å². The molecule has 0 aromatic heterocycles. The minimum absolute atomic E-state index is 0.162. The van der Waals surface area contributed by atoms with E-state index >= 15 is 0 Å². The van der Waals surface area contributed by atoms with Crippen LogP contribution in [-0.2, 0) is 0 Å². The van der Waals surface area contributed by atoms with Crippen LogP contribution < -0.4 is 9.47 Å². The van der Waals surface area contributed by atoms with E-state index in [4.69, 9.17) is 19.5 Å². The van der Waals surface area contributed by atoms with Gasteiger partial charge < -0.3 is 9.47 Å². The highest BCUT2D eigenvalue weighted by Gasteiger charge is 2.29. The molecule has 1 aliphatic carbocycles. The van der Waals surface area contributed by atoms with E-state index < -0.39 is 0 Å². The summed E-state index contributed by atoms with van der Waals surface area (Å²) in [5.41, 5.74) is 4.44. The number of ether oxygens (including phenoxy) is 2. The summed E-state index contributed by atoms with van der Waals surface area (Å²) in [5.74, 6) is 1.69. The molecule has 4 heteroatoms. The Morgan fingerprint density at radius 2 is 1.08 bits per heavy atom. The van der Waals surface area contributed by atoms with Crippen LogP contribution >= 0.6 is 0 Å². The van der Waals surface area contributed by atoms with Gasteiger partial charge in [0.1, 0.15) is 11.5 Å². The van der Waals surface area contributed by atoms with Crippen LogP contribution in [0.25, 0.3) is 0 Å². The van der Waals surface area contributed by atoms with Crippen molar-refractivity contribution in [3.8, 4) is 11.5 Å². The first-order chi connectivity index (χ1) is 12.5. The SMILES string of the molecule is COc1ccc(N=C2CC(=Nc3ccc(OC)cc3)CC(C)(C)C2)cc1. The fourth-order valence-electron chi connectivity index (χ4n) is 3.36. The molecule has 0 amide bonds.